The first kappa shape index (κ1) is 10.6. The zero-order chi connectivity index (χ0) is 12.5. The maximum absolute atomic E-state index is 4.30. The van der Waals surface area contributed by atoms with E-state index in [2.05, 4.69) is 30.4 Å². The van der Waals surface area contributed by atoms with Crippen molar-refractivity contribution in [3.8, 4) is 5.82 Å². The fraction of sp³-hybridized carbons (Fsp3) is 0.182. The monoisotopic (exact) mass is 241 g/mol. The van der Waals surface area contributed by atoms with Crippen molar-refractivity contribution in [1.82, 2.24) is 29.7 Å². The molecule has 1 N–H and O–H groups in total. The van der Waals surface area contributed by atoms with Crippen LogP contribution in [0.5, 0.6) is 0 Å². The fourth-order valence-electron chi connectivity index (χ4n) is 1.77. The van der Waals surface area contributed by atoms with Crippen molar-refractivity contribution in [3.05, 3.63) is 30.6 Å². The van der Waals surface area contributed by atoms with E-state index >= 15 is 0 Å². The number of fused-ring (bicyclic) bond motifs is 1. The van der Waals surface area contributed by atoms with Crippen molar-refractivity contribution in [2.75, 3.05) is 12.4 Å². The maximum atomic E-state index is 4.30. The SMILES string of the molecule is CNc1ncnc2c1cnn2-c1cc(C)ncn1. The molecule has 0 radical (unpaired) electrons. The molecule has 7 nitrogen and oxygen atoms in total. The van der Waals surface area contributed by atoms with Crippen molar-refractivity contribution in [3.63, 3.8) is 0 Å². The average Bonchev–Trinajstić information content (AvgIpc) is 2.82. The van der Waals surface area contributed by atoms with E-state index in [0.29, 0.717) is 11.5 Å². The van der Waals surface area contributed by atoms with Crippen molar-refractivity contribution in [2.24, 2.45) is 0 Å². The number of nitrogens with one attached hydrogen (secondary N) is 1. The first-order valence-corrected chi connectivity index (χ1v) is 5.45. The van der Waals surface area contributed by atoms with Gasteiger partial charge in [0, 0.05) is 18.8 Å². The molecular formula is C11H11N7. The zero-order valence-corrected chi connectivity index (χ0v) is 9.99. The molecule has 0 amide bonds. The van der Waals surface area contributed by atoms with Crippen LogP contribution in [-0.2, 0) is 0 Å². The fourth-order valence-corrected chi connectivity index (χ4v) is 1.77. The second kappa shape index (κ2) is 4.02. The molecule has 3 heterocycles. The summed E-state index contributed by atoms with van der Waals surface area (Å²) in [6.45, 7) is 1.91. The minimum Gasteiger partial charge on any atom is -0.372 e. The van der Waals surface area contributed by atoms with Gasteiger partial charge in [0.05, 0.1) is 11.6 Å². The van der Waals surface area contributed by atoms with Gasteiger partial charge in [0.25, 0.3) is 0 Å². The largest absolute Gasteiger partial charge is 0.372 e. The second-order valence-electron chi connectivity index (χ2n) is 3.78. The molecule has 0 unspecified atom stereocenters. The van der Waals surface area contributed by atoms with Crippen LogP contribution in [0.1, 0.15) is 5.69 Å². The van der Waals surface area contributed by atoms with Gasteiger partial charge in [0.1, 0.15) is 18.5 Å². The Morgan fingerprint density at radius 3 is 2.72 bits per heavy atom. The number of hydrogen-bond acceptors (Lipinski definition) is 6. The molecule has 3 aromatic heterocycles. The van der Waals surface area contributed by atoms with Crippen LogP contribution in [0.25, 0.3) is 16.9 Å². The molecule has 3 aromatic rings. The molecule has 0 spiro atoms. The first-order valence-electron chi connectivity index (χ1n) is 5.45. The topological polar surface area (TPSA) is 81.4 Å². The Morgan fingerprint density at radius 1 is 1.11 bits per heavy atom. The highest BCUT2D eigenvalue weighted by Crippen LogP contribution is 2.20. The Morgan fingerprint density at radius 2 is 1.94 bits per heavy atom. The number of nitrogens with zero attached hydrogens (tertiary/aromatic N) is 6. The third-order valence-electron chi connectivity index (χ3n) is 2.61. The summed E-state index contributed by atoms with van der Waals surface area (Å²) in [7, 11) is 1.81. The van der Waals surface area contributed by atoms with E-state index in [0.717, 1.165) is 16.9 Å². The van der Waals surface area contributed by atoms with Crippen LogP contribution in [0, 0.1) is 6.92 Å². The summed E-state index contributed by atoms with van der Waals surface area (Å²) in [6, 6.07) is 1.85. The van der Waals surface area contributed by atoms with E-state index < -0.39 is 0 Å². The number of aryl methyl sites for hydroxylation is 1. The van der Waals surface area contributed by atoms with Gasteiger partial charge < -0.3 is 5.32 Å². The molecule has 18 heavy (non-hydrogen) atoms. The third kappa shape index (κ3) is 1.56. The molecule has 0 aliphatic carbocycles. The summed E-state index contributed by atoms with van der Waals surface area (Å²) in [5.74, 6) is 1.44. The minimum atomic E-state index is 0.693. The van der Waals surface area contributed by atoms with Gasteiger partial charge in [-0.15, -0.1) is 0 Å². The number of anilines is 1. The molecule has 0 aliphatic rings. The van der Waals surface area contributed by atoms with E-state index in [-0.39, 0.29) is 0 Å². The van der Waals surface area contributed by atoms with Gasteiger partial charge in [-0.1, -0.05) is 0 Å². The zero-order valence-electron chi connectivity index (χ0n) is 9.99. The molecule has 90 valence electrons. The molecule has 0 aliphatic heterocycles. The molecule has 0 bridgehead atoms. The molecule has 0 atom stereocenters. The predicted octanol–water partition coefficient (Wildman–Crippen LogP) is 0.956. The number of rotatable bonds is 2. The van der Waals surface area contributed by atoms with Crippen molar-refractivity contribution >= 4 is 16.9 Å². The molecule has 0 saturated carbocycles. The average molecular weight is 241 g/mol. The van der Waals surface area contributed by atoms with Crippen LogP contribution >= 0.6 is 0 Å². The first-order chi connectivity index (χ1) is 8.79. The van der Waals surface area contributed by atoms with Crippen LogP contribution in [0.2, 0.25) is 0 Å². The minimum absolute atomic E-state index is 0.693. The van der Waals surface area contributed by atoms with Gasteiger partial charge in [-0.05, 0) is 6.92 Å². The van der Waals surface area contributed by atoms with Gasteiger partial charge in [-0.25, -0.2) is 19.9 Å². The highest BCUT2D eigenvalue weighted by Gasteiger charge is 2.10. The van der Waals surface area contributed by atoms with Crippen LogP contribution in [0.4, 0.5) is 5.82 Å². The standard InChI is InChI=1S/C11H11N7/c1-7-3-9(14-5-13-7)18-11-8(4-17-18)10(12-2)15-6-16-11/h3-6H,1-2H3,(H,12,15,16). The molecular weight excluding hydrogens is 230 g/mol. The van der Waals surface area contributed by atoms with Gasteiger partial charge in [0.15, 0.2) is 11.5 Å². The lowest BCUT2D eigenvalue weighted by Gasteiger charge is -2.03. The van der Waals surface area contributed by atoms with Gasteiger partial charge in [0.2, 0.25) is 0 Å². The van der Waals surface area contributed by atoms with E-state index in [9.17, 15) is 0 Å². The summed E-state index contributed by atoms with van der Waals surface area (Å²) in [5.41, 5.74) is 1.60. The van der Waals surface area contributed by atoms with Gasteiger partial charge in [-0.3, -0.25) is 0 Å². The lowest BCUT2D eigenvalue weighted by atomic mass is 10.4. The second-order valence-corrected chi connectivity index (χ2v) is 3.78. The van der Waals surface area contributed by atoms with E-state index in [1.165, 1.54) is 12.7 Å². The molecule has 3 rings (SSSR count). The molecule has 0 saturated heterocycles. The number of hydrogen-bond donors (Lipinski definition) is 1. The summed E-state index contributed by atoms with van der Waals surface area (Å²) in [5, 5.41) is 8.17. The Labute approximate surface area is 103 Å². The molecule has 0 aromatic carbocycles. The predicted molar refractivity (Wildman–Crippen MR) is 66.5 cm³/mol. The summed E-state index contributed by atoms with van der Waals surface area (Å²) < 4.78 is 1.67. The Balaban J connectivity index is 2.25. The van der Waals surface area contributed by atoms with Gasteiger partial charge >= 0.3 is 0 Å². The maximum Gasteiger partial charge on any atom is 0.170 e. The quantitative estimate of drug-likeness (QED) is 0.719. The Kier molecular flexibility index (Phi) is 2.36. The summed E-state index contributed by atoms with van der Waals surface area (Å²) in [6.07, 6.45) is 4.73. The molecule has 7 heteroatoms. The summed E-state index contributed by atoms with van der Waals surface area (Å²) in [4.78, 5) is 16.6. The summed E-state index contributed by atoms with van der Waals surface area (Å²) >= 11 is 0. The molecule has 0 fully saturated rings. The highest BCUT2D eigenvalue weighted by atomic mass is 15.3. The Bertz CT molecular complexity index is 703. The van der Waals surface area contributed by atoms with Crippen LogP contribution in [0.15, 0.2) is 24.9 Å². The lowest BCUT2D eigenvalue weighted by molar-refractivity contribution is 0.848. The van der Waals surface area contributed by atoms with E-state index in [1.54, 1.807) is 10.9 Å². The Hall–Kier alpha value is -2.57. The van der Waals surface area contributed by atoms with Crippen molar-refractivity contribution in [1.29, 1.82) is 0 Å². The van der Waals surface area contributed by atoms with Crippen LogP contribution in [-0.4, -0.2) is 36.8 Å². The normalized spacial score (nSPS) is 10.8. The van der Waals surface area contributed by atoms with E-state index in [4.69, 9.17) is 0 Å². The smallest absolute Gasteiger partial charge is 0.170 e. The van der Waals surface area contributed by atoms with E-state index in [1.807, 2.05) is 20.0 Å². The lowest BCUT2D eigenvalue weighted by Crippen LogP contribution is -2.02. The van der Waals surface area contributed by atoms with Crippen molar-refractivity contribution < 1.29 is 0 Å². The third-order valence-corrected chi connectivity index (χ3v) is 2.61. The highest BCUT2D eigenvalue weighted by molar-refractivity contribution is 5.86. The van der Waals surface area contributed by atoms with Crippen LogP contribution in [0.3, 0.4) is 0 Å². The number of aromatic nitrogens is 6. The van der Waals surface area contributed by atoms with Crippen molar-refractivity contribution in [2.45, 2.75) is 6.92 Å². The van der Waals surface area contributed by atoms with Crippen LogP contribution < -0.4 is 5.32 Å². The van der Waals surface area contributed by atoms with Gasteiger partial charge in [-0.2, -0.15) is 9.78 Å².